The zero-order chi connectivity index (χ0) is 22.9. The van der Waals surface area contributed by atoms with Crippen LogP contribution in [0.2, 0.25) is 0 Å². The van der Waals surface area contributed by atoms with Gasteiger partial charge in [-0.3, -0.25) is 4.79 Å². The summed E-state index contributed by atoms with van der Waals surface area (Å²) in [5.74, 6) is -1.31. The third kappa shape index (κ3) is 6.18. The molecule has 2 heterocycles. The average molecular weight is 455 g/mol. The highest BCUT2D eigenvalue weighted by Crippen LogP contribution is 2.38. The van der Waals surface area contributed by atoms with Gasteiger partial charge in [0.1, 0.15) is 5.60 Å². The van der Waals surface area contributed by atoms with Crippen molar-refractivity contribution in [2.24, 2.45) is 5.92 Å². The van der Waals surface area contributed by atoms with Crippen LogP contribution in [0, 0.1) is 5.92 Å². The maximum absolute atomic E-state index is 13.1. The number of carbonyl (C=O) groups excluding carboxylic acids is 2. The molecule has 0 radical (unpaired) electrons. The molecule has 1 aromatic rings. The zero-order valence-electron chi connectivity index (χ0n) is 18.3. The van der Waals surface area contributed by atoms with E-state index in [9.17, 15) is 21.9 Å². The van der Waals surface area contributed by atoms with Gasteiger partial charge >= 0.3 is 16.3 Å². The molecular weight excluding hydrogens is 423 g/mol. The monoisotopic (exact) mass is 454 g/mol. The molecule has 0 N–H and O–H groups in total. The fraction of sp³-hybridized carbons (Fsp3) is 0.636. The molecule has 2 fully saturated rings. The van der Waals surface area contributed by atoms with Gasteiger partial charge in [-0.15, -0.1) is 3.89 Å². The molecule has 2 aliphatic heterocycles. The molecule has 3 rings (SSSR count). The second-order valence-electron chi connectivity index (χ2n) is 9.66. The Hall–Kier alpha value is -2.16. The Morgan fingerprint density at radius 2 is 1.81 bits per heavy atom. The van der Waals surface area contributed by atoms with Crippen LogP contribution in [0.25, 0.3) is 0 Å². The smallest absolute Gasteiger partial charge is 0.410 e. The van der Waals surface area contributed by atoms with E-state index in [0.29, 0.717) is 32.5 Å². The number of likely N-dealkylation sites (tertiary alicyclic amines) is 2. The lowest BCUT2D eigenvalue weighted by Crippen LogP contribution is -2.51. The van der Waals surface area contributed by atoms with Gasteiger partial charge in [0, 0.05) is 43.9 Å². The number of nitrogens with zero attached hydrogens (tertiary/aromatic N) is 2. The molecule has 172 valence electrons. The lowest BCUT2D eigenvalue weighted by atomic mass is 9.72. The molecule has 1 unspecified atom stereocenters. The summed E-state index contributed by atoms with van der Waals surface area (Å²) in [6.45, 7) is 7.12. The van der Waals surface area contributed by atoms with Gasteiger partial charge in [0.2, 0.25) is 5.91 Å². The quantitative estimate of drug-likeness (QED) is 0.639. The fourth-order valence-electron chi connectivity index (χ4n) is 4.54. The third-order valence-corrected chi connectivity index (χ3v) is 6.85. The predicted molar refractivity (Wildman–Crippen MR) is 115 cm³/mol. The first kappa shape index (κ1) is 23.5. The van der Waals surface area contributed by atoms with Gasteiger partial charge in [0.05, 0.1) is 5.75 Å². The van der Waals surface area contributed by atoms with Gasteiger partial charge in [0.15, 0.2) is 0 Å². The molecule has 1 atom stereocenters. The highest BCUT2D eigenvalue weighted by Gasteiger charge is 2.43. The van der Waals surface area contributed by atoms with Crippen molar-refractivity contribution in [2.75, 3.05) is 31.9 Å². The molecule has 2 aliphatic rings. The molecule has 9 heteroatoms. The van der Waals surface area contributed by atoms with Crippen LogP contribution in [0.5, 0.6) is 0 Å². The number of rotatable bonds is 5. The average Bonchev–Trinajstić information content (AvgIpc) is 2.98. The normalized spacial score (nSPS) is 21.9. The molecule has 0 aromatic heterocycles. The lowest BCUT2D eigenvalue weighted by molar-refractivity contribution is -0.128. The van der Waals surface area contributed by atoms with Gasteiger partial charge in [-0.05, 0) is 39.2 Å². The van der Waals surface area contributed by atoms with E-state index in [0.717, 1.165) is 5.56 Å². The molecule has 0 spiro atoms. The number of carbonyl (C=O) groups is 2. The van der Waals surface area contributed by atoms with Gasteiger partial charge in [-0.1, -0.05) is 30.3 Å². The summed E-state index contributed by atoms with van der Waals surface area (Å²) in [7, 11) is -4.62. The topological polar surface area (TPSA) is 84.0 Å². The van der Waals surface area contributed by atoms with Gasteiger partial charge in [-0.2, -0.15) is 8.42 Å². The van der Waals surface area contributed by atoms with E-state index in [4.69, 9.17) is 4.74 Å². The molecular formula is C22H31FN2O5S. The van der Waals surface area contributed by atoms with Crippen LogP contribution in [0.4, 0.5) is 8.68 Å². The summed E-state index contributed by atoms with van der Waals surface area (Å²) in [6.07, 6.45) is 0.982. The first-order chi connectivity index (χ1) is 14.4. The van der Waals surface area contributed by atoms with E-state index in [1.165, 1.54) is 0 Å². The number of hydrogen-bond donors (Lipinski definition) is 0. The van der Waals surface area contributed by atoms with E-state index in [2.05, 4.69) is 0 Å². The number of amides is 2. The van der Waals surface area contributed by atoms with Crippen LogP contribution >= 0.6 is 0 Å². The van der Waals surface area contributed by atoms with Gasteiger partial charge in [-0.25, -0.2) is 4.79 Å². The molecule has 0 bridgehead atoms. The minimum absolute atomic E-state index is 0.0397. The van der Waals surface area contributed by atoms with E-state index < -0.39 is 27.5 Å². The minimum atomic E-state index is -4.62. The number of benzene rings is 1. The maximum atomic E-state index is 13.1. The van der Waals surface area contributed by atoms with Crippen molar-refractivity contribution in [1.82, 2.24) is 9.80 Å². The third-order valence-electron chi connectivity index (χ3n) is 5.98. The molecule has 7 nitrogen and oxygen atoms in total. The number of piperidine rings is 1. The Morgan fingerprint density at radius 1 is 1.19 bits per heavy atom. The standard InChI is InChI=1S/C22H31FN2O5S/c1-21(2,3)30-20(27)24-11-9-22(10-12-24,18-7-5-4-6-8-18)16-25-14-17(13-19(25)26)15-31(23,28)29/h4-8,17H,9-16H2,1-3H3. The SMILES string of the molecule is CC(C)(C)OC(=O)N1CCC(CN2CC(CS(=O)(=O)F)CC2=O)(c2ccccc2)CC1. The van der Waals surface area contributed by atoms with Crippen LogP contribution < -0.4 is 0 Å². The van der Waals surface area contributed by atoms with E-state index >= 15 is 0 Å². The number of halogens is 1. The van der Waals surface area contributed by atoms with Crippen molar-refractivity contribution in [1.29, 1.82) is 0 Å². The highest BCUT2D eigenvalue weighted by molar-refractivity contribution is 7.86. The summed E-state index contributed by atoms with van der Waals surface area (Å²) < 4.78 is 40.7. The van der Waals surface area contributed by atoms with Gasteiger partial charge in [0.25, 0.3) is 0 Å². The van der Waals surface area contributed by atoms with Crippen molar-refractivity contribution < 1.29 is 26.6 Å². The van der Waals surface area contributed by atoms with Crippen molar-refractivity contribution in [2.45, 2.75) is 51.0 Å². The zero-order valence-corrected chi connectivity index (χ0v) is 19.2. The Bertz CT molecular complexity index is 906. The van der Waals surface area contributed by atoms with Crippen LogP contribution in [-0.4, -0.2) is 67.8 Å². The largest absolute Gasteiger partial charge is 0.444 e. The second kappa shape index (κ2) is 8.76. The summed E-state index contributed by atoms with van der Waals surface area (Å²) in [6, 6.07) is 9.86. The Labute approximate surface area is 183 Å². The highest BCUT2D eigenvalue weighted by atomic mass is 32.3. The molecule has 2 amide bonds. The van der Waals surface area contributed by atoms with E-state index in [1.807, 2.05) is 51.1 Å². The summed E-state index contributed by atoms with van der Waals surface area (Å²) in [5.41, 5.74) is 0.144. The molecule has 31 heavy (non-hydrogen) atoms. The molecule has 0 aliphatic carbocycles. The van der Waals surface area contributed by atoms with E-state index in [1.54, 1.807) is 9.80 Å². The predicted octanol–water partition coefficient (Wildman–Crippen LogP) is 3.10. The van der Waals surface area contributed by atoms with Crippen LogP contribution in [-0.2, 0) is 25.2 Å². The summed E-state index contributed by atoms with van der Waals surface area (Å²) in [5, 5.41) is 0. The number of ether oxygens (including phenoxy) is 1. The Morgan fingerprint density at radius 3 is 2.35 bits per heavy atom. The summed E-state index contributed by atoms with van der Waals surface area (Å²) in [4.78, 5) is 28.4. The van der Waals surface area contributed by atoms with Crippen LogP contribution in [0.15, 0.2) is 30.3 Å². The van der Waals surface area contributed by atoms with Crippen molar-refractivity contribution in [3.8, 4) is 0 Å². The van der Waals surface area contributed by atoms with Gasteiger partial charge < -0.3 is 14.5 Å². The van der Waals surface area contributed by atoms with Crippen molar-refractivity contribution in [3.05, 3.63) is 35.9 Å². The minimum Gasteiger partial charge on any atom is -0.444 e. The second-order valence-corrected chi connectivity index (χ2v) is 11.1. The fourth-order valence-corrected chi connectivity index (χ4v) is 5.33. The van der Waals surface area contributed by atoms with Crippen molar-refractivity contribution in [3.63, 3.8) is 0 Å². The van der Waals surface area contributed by atoms with Crippen LogP contribution in [0.1, 0.15) is 45.6 Å². The lowest BCUT2D eigenvalue weighted by Gasteiger charge is -2.44. The molecule has 2 saturated heterocycles. The Balaban J connectivity index is 1.75. The maximum Gasteiger partial charge on any atom is 0.410 e. The first-order valence-corrected chi connectivity index (χ1v) is 12.2. The molecule has 1 aromatic carbocycles. The van der Waals surface area contributed by atoms with Crippen molar-refractivity contribution >= 4 is 22.2 Å². The Kier molecular flexibility index (Phi) is 6.64. The van der Waals surface area contributed by atoms with E-state index in [-0.39, 0.29) is 30.4 Å². The number of hydrogen-bond acceptors (Lipinski definition) is 5. The molecule has 0 saturated carbocycles. The summed E-state index contributed by atoms with van der Waals surface area (Å²) >= 11 is 0. The van der Waals surface area contributed by atoms with Crippen LogP contribution in [0.3, 0.4) is 0 Å². The first-order valence-electron chi connectivity index (χ1n) is 10.6.